The Bertz CT molecular complexity index is 717. The minimum atomic E-state index is -0.151. The Balaban J connectivity index is 1.95. The number of nitrogens with one attached hydrogen (secondary N) is 1. The van der Waals surface area contributed by atoms with Gasteiger partial charge < -0.3 is 14.6 Å². The summed E-state index contributed by atoms with van der Waals surface area (Å²) in [5.41, 5.74) is 0.616. The molecule has 1 amide bonds. The van der Waals surface area contributed by atoms with Crippen molar-refractivity contribution in [3.63, 3.8) is 0 Å². The predicted octanol–water partition coefficient (Wildman–Crippen LogP) is 3.17. The monoisotopic (exact) mass is 352 g/mol. The van der Waals surface area contributed by atoms with Gasteiger partial charge in [0.2, 0.25) is 5.91 Å². The molecule has 0 saturated carbocycles. The van der Waals surface area contributed by atoms with Crippen molar-refractivity contribution in [3.05, 3.63) is 41.7 Å². The number of amides is 1. The van der Waals surface area contributed by atoms with Gasteiger partial charge in [0, 0.05) is 12.2 Å². The molecule has 1 aromatic carbocycles. The van der Waals surface area contributed by atoms with Gasteiger partial charge in [-0.25, -0.2) is 0 Å². The van der Waals surface area contributed by atoms with E-state index in [4.69, 9.17) is 16.3 Å². The molecular formula is C15H17ClN4O2S. The molecule has 23 heavy (non-hydrogen) atoms. The topological polar surface area (TPSA) is 69.0 Å². The van der Waals surface area contributed by atoms with Crippen molar-refractivity contribution < 1.29 is 9.53 Å². The third kappa shape index (κ3) is 4.49. The Labute approximate surface area is 143 Å². The van der Waals surface area contributed by atoms with Crippen molar-refractivity contribution >= 4 is 35.0 Å². The maximum atomic E-state index is 12.0. The van der Waals surface area contributed by atoms with Gasteiger partial charge in [-0.1, -0.05) is 29.4 Å². The highest BCUT2D eigenvalue weighted by atomic mass is 35.5. The summed E-state index contributed by atoms with van der Waals surface area (Å²) in [6.45, 7) is 6.17. The van der Waals surface area contributed by atoms with E-state index in [1.165, 1.54) is 18.9 Å². The van der Waals surface area contributed by atoms with Crippen LogP contribution in [0, 0.1) is 6.92 Å². The van der Waals surface area contributed by atoms with Gasteiger partial charge in [-0.05, 0) is 25.1 Å². The van der Waals surface area contributed by atoms with Crippen LogP contribution in [-0.4, -0.2) is 33.5 Å². The number of anilines is 1. The van der Waals surface area contributed by atoms with Crippen LogP contribution in [0.15, 0.2) is 36.0 Å². The molecule has 2 aromatic rings. The quantitative estimate of drug-likeness (QED) is 0.612. The minimum Gasteiger partial charge on any atom is -0.495 e. The summed E-state index contributed by atoms with van der Waals surface area (Å²) < 4.78 is 6.97. The standard InChI is InChI=1S/C15H17ClN4O2S/c1-4-7-20-10(2)18-19-15(20)23-9-14(21)17-11-5-6-13(22-3)12(16)8-11/h4-6,8H,1,7,9H2,2-3H3,(H,17,21). The van der Waals surface area contributed by atoms with Crippen molar-refractivity contribution in [3.8, 4) is 5.75 Å². The van der Waals surface area contributed by atoms with Crippen LogP contribution >= 0.6 is 23.4 Å². The number of hydrogen-bond donors (Lipinski definition) is 1. The highest BCUT2D eigenvalue weighted by Gasteiger charge is 2.11. The third-order valence-corrected chi connectivity index (χ3v) is 4.24. The Kier molecular flexibility index (Phi) is 6.06. The van der Waals surface area contributed by atoms with Crippen LogP contribution in [0.3, 0.4) is 0 Å². The molecule has 1 N–H and O–H groups in total. The fourth-order valence-electron chi connectivity index (χ4n) is 1.88. The first kappa shape index (κ1) is 17.4. The fourth-order valence-corrected chi connectivity index (χ4v) is 2.93. The van der Waals surface area contributed by atoms with Crippen molar-refractivity contribution in [1.29, 1.82) is 0 Å². The lowest BCUT2D eigenvalue weighted by molar-refractivity contribution is -0.113. The van der Waals surface area contributed by atoms with E-state index in [1.807, 2.05) is 11.5 Å². The number of hydrogen-bond acceptors (Lipinski definition) is 5. The highest BCUT2D eigenvalue weighted by Crippen LogP contribution is 2.27. The van der Waals surface area contributed by atoms with E-state index in [2.05, 4.69) is 22.1 Å². The van der Waals surface area contributed by atoms with Crippen LogP contribution in [0.5, 0.6) is 5.75 Å². The number of thioether (sulfide) groups is 1. The SMILES string of the molecule is C=CCn1c(C)nnc1SCC(=O)Nc1ccc(OC)c(Cl)c1. The maximum absolute atomic E-state index is 12.0. The molecule has 8 heteroatoms. The van der Waals surface area contributed by atoms with Crippen LogP contribution in [0.2, 0.25) is 5.02 Å². The van der Waals surface area contributed by atoms with Crippen molar-refractivity contribution in [2.75, 3.05) is 18.2 Å². The Hall–Kier alpha value is -1.99. The lowest BCUT2D eigenvalue weighted by Gasteiger charge is -2.08. The third-order valence-electron chi connectivity index (χ3n) is 2.98. The first-order valence-electron chi connectivity index (χ1n) is 6.82. The average molecular weight is 353 g/mol. The number of nitrogens with zero attached hydrogens (tertiary/aromatic N) is 3. The van der Waals surface area contributed by atoms with E-state index in [0.29, 0.717) is 28.2 Å². The number of aryl methyl sites for hydroxylation is 1. The number of benzene rings is 1. The zero-order valence-corrected chi connectivity index (χ0v) is 14.4. The van der Waals surface area contributed by atoms with Gasteiger partial charge in [0.25, 0.3) is 0 Å². The summed E-state index contributed by atoms with van der Waals surface area (Å²) in [7, 11) is 1.54. The van der Waals surface area contributed by atoms with Crippen LogP contribution in [-0.2, 0) is 11.3 Å². The number of rotatable bonds is 7. The molecule has 0 radical (unpaired) electrons. The van der Waals surface area contributed by atoms with Gasteiger partial charge in [-0.2, -0.15) is 0 Å². The molecule has 0 aliphatic heterocycles. The molecule has 1 aromatic heterocycles. The second-order valence-electron chi connectivity index (χ2n) is 4.62. The number of halogens is 1. The molecular weight excluding hydrogens is 336 g/mol. The average Bonchev–Trinajstić information content (AvgIpc) is 2.87. The van der Waals surface area contributed by atoms with Crippen LogP contribution in [0.4, 0.5) is 5.69 Å². The molecule has 0 fully saturated rings. The maximum Gasteiger partial charge on any atom is 0.234 e. The van der Waals surface area contributed by atoms with Gasteiger partial charge in [-0.3, -0.25) is 4.79 Å². The van der Waals surface area contributed by atoms with Gasteiger partial charge in [0.1, 0.15) is 11.6 Å². The van der Waals surface area contributed by atoms with Crippen molar-refractivity contribution in [1.82, 2.24) is 14.8 Å². The molecule has 6 nitrogen and oxygen atoms in total. The number of carbonyl (C=O) groups excluding carboxylic acids is 1. The predicted molar refractivity (Wildman–Crippen MR) is 92.3 cm³/mol. The van der Waals surface area contributed by atoms with Gasteiger partial charge >= 0.3 is 0 Å². The number of ether oxygens (including phenoxy) is 1. The van der Waals surface area contributed by atoms with Crippen LogP contribution < -0.4 is 10.1 Å². The van der Waals surface area contributed by atoms with Gasteiger partial charge in [0.05, 0.1) is 17.9 Å². The van der Waals surface area contributed by atoms with Gasteiger partial charge in [-0.15, -0.1) is 16.8 Å². The molecule has 0 spiro atoms. The zero-order valence-electron chi connectivity index (χ0n) is 12.9. The summed E-state index contributed by atoms with van der Waals surface area (Å²) in [6, 6.07) is 5.08. The summed E-state index contributed by atoms with van der Waals surface area (Å²) in [5.74, 6) is 1.42. The van der Waals surface area contributed by atoms with E-state index in [-0.39, 0.29) is 11.7 Å². The second-order valence-corrected chi connectivity index (χ2v) is 5.96. The van der Waals surface area contributed by atoms with Crippen molar-refractivity contribution in [2.45, 2.75) is 18.6 Å². The first-order chi connectivity index (χ1) is 11.0. The summed E-state index contributed by atoms with van der Waals surface area (Å²) in [6.07, 6.45) is 1.76. The second kappa shape index (κ2) is 8.03. The number of aromatic nitrogens is 3. The van der Waals surface area contributed by atoms with Crippen molar-refractivity contribution in [2.24, 2.45) is 0 Å². The molecule has 0 unspecified atom stereocenters. The van der Waals surface area contributed by atoms with Gasteiger partial charge in [0.15, 0.2) is 5.16 Å². The lowest BCUT2D eigenvalue weighted by atomic mass is 10.3. The Morgan fingerprint density at radius 2 is 2.30 bits per heavy atom. The molecule has 0 aliphatic carbocycles. The Morgan fingerprint density at radius 3 is 2.96 bits per heavy atom. The molecule has 0 atom stereocenters. The highest BCUT2D eigenvalue weighted by molar-refractivity contribution is 7.99. The number of allylic oxidation sites excluding steroid dienone is 1. The zero-order chi connectivity index (χ0) is 16.8. The summed E-state index contributed by atoms with van der Waals surface area (Å²) in [5, 5.41) is 12.0. The molecule has 122 valence electrons. The first-order valence-corrected chi connectivity index (χ1v) is 8.18. The van der Waals surface area contributed by atoms with E-state index < -0.39 is 0 Å². The fraction of sp³-hybridized carbons (Fsp3) is 0.267. The van der Waals surface area contributed by atoms with E-state index in [0.717, 1.165) is 5.82 Å². The van der Waals surface area contributed by atoms with Crippen LogP contribution in [0.1, 0.15) is 5.82 Å². The van der Waals surface area contributed by atoms with E-state index in [1.54, 1.807) is 24.3 Å². The largest absolute Gasteiger partial charge is 0.495 e. The number of methoxy groups -OCH3 is 1. The van der Waals surface area contributed by atoms with Crippen LogP contribution in [0.25, 0.3) is 0 Å². The minimum absolute atomic E-state index is 0.151. The number of carbonyl (C=O) groups is 1. The molecule has 1 heterocycles. The normalized spacial score (nSPS) is 10.4. The van der Waals surface area contributed by atoms with E-state index >= 15 is 0 Å². The lowest BCUT2D eigenvalue weighted by Crippen LogP contribution is -2.14. The molecule has 0 aliphatic rings. The summed E-state index contributed by atoms with van der Waals surface area (Å²) >= 11 is 7.35. The molecule has 0 bridgehead atoms. The molecule has 2 rings (SSSR count). The molecule has 0 saturated heterocycles. The smallest absolute Gasteiger partial charge is 0.234 e. The van der Waals surface area contributed by atoms with E-state index in [9.17, 15) is 4.79 Å². The summed E-state index contributed by atoms with van der Waals surface area (Å²) in [4.78, 5) is 12.0. The Morgan fingerprint density at radius 1 is 1.52 bits per heavy atom.